The summed E-state index contributed by atoms with van der Waals surface area (Å²) in [7, 11) is -3.92. The number of unbranched alkanes of at least 4 members (excludes halogenated alkanes) is 10. The molecule has 2 unspecified atom stereocenters. The number of hydrogen-bond donors (Lipinski definition) is 2. The quantitative estimate of drug-likeness (QED) is 0.200. The lowest BCUT2D eigenvalue weighted by Crippen LogP contribution is -2.20. The molecule has 0 fully saturated rings. The molecule has 0 saturated carbocycles. The Morgan fingerprint density at radius 1 is 0.615 bits per heavy atom. The molecule has 0 aromatic carbocycles. The van der Waals surface area contributed by atoms with Crippen molar-refractivity contribution >= 4 is 10.1 Å². The highest BCUT2D eigenvalue weighted by Crippen LogP contribution is 2.18. The van der Waals surface area contributed by atoms with Gasteiger partial charge in [-0.3, -0.25) is 4.55 Å². The topological polar surface area (TPSA) is 74.6 Å². The summed E-state index contributed by atoms with van der Waals surface area (Å²) < 4.78 is 32.0. The first kappa shape index (κ1) is 25.9. The average molecular weight is 393 g/mol. The van der Waals surface area contributed by atoms with Crippen molar-refractivity contribution < 1.29 is 18.1 Å². The monoisotopic (exact) mass is 392 g/mol. The third-order valence-corrected chi connectivity index (χ3v) is 6.57. The van der Waals surface area contributed by atoms with Crippen molar-refractivity contribution in [2.45, 2.75) is 134 Å². The van der Waals surface area contributed by atoms with Gasteiger partial charge in [-0.15, -0.1) is 0 Å². The van der Waals surface area contributed by atoms with Crippen LogP contribution in [0.15, 0.2) is 0 Å². The van der Waals surface area contributed by atoms with Gasteiger partial charge in [-0.1, -0.05) is 97.3 Å². The van der Waals surface area contributed by atoms with E-state index in [1.807, 2.05) is 6.92 Å². The van der Waals surface area contributed by atoms with Crippen LogP contribution in [0.1, 0.15) is 123 Å². The zero-order valence-corrected chi connectivity index (χ0v) is 18.1. The summed E-state index contributed by atoms with van der Waals surface area (Å²) in [4.78, 5) is 0. The first-order valence-electron chi connectivity index (χ1n) is 11.1. The normalized spacial score (nSPS) is 14.5. The van der Waals surface area contributed by atoms with E-state index >= 15 is 0 Å². The molecule has 0 heterocycles. The molecule has 0 saturated heterocycles. The van der Waals surface area contributed by atoms with Gasteiger partial charge >= 0.3 is 0 Å². The van der Waals surface area contributed by atoms with Crippen molar-refractivity contribution in [3.8, 4) is 0 Å². The van der Waals surface area contributed by atoms with E-state index in [2.05, 4.69) is 6.92 Å². The third-order valence-electron chi connectivity index (χ3n) is 5.26. The second kappa shape index (κ2) is 17.0. The van der Waals surface area contributed by atoms with Crippen molar-refractivity contribution in [2.24, 2.45) is 0 Å². The van der Waals surface area contributed by atoms with E-state index in [-0.39, 0.29) is 6.10 Å². The van der Waals surface area contributed by atoms with Gasteiger partial charge in [0, 0.05) is 0 Å². The van der Waals surface area contributed by atoms with E-state index in [9.17, 15) is 18.1 Å². The van der Waals surface area contributed by atoms with E-state index in [4.69, 9.17) is 0 Å². The minimum Gasteiger partial charge on any atom is -0.393 e. The van der Waals surface area contributed by atoms with Crippen molar-refractivity contribution in [1.29, 1.82) is 0 Å². The van der Waals surface area contributed by atoms with Gasteiger partial charge in [0.25, 0.3) is 10.1 Å². The van der Waals surface area contributed by atoms with Crippen LogP contribution >= 0.6 is 0 Å². The summed E-state index contributed by atoms with van der Waals surface area (Å²) in [6.07, 6.45) is 17.3. The molecule has 0 bridgehead atoms. The molecule has 2 atom stereocenters. The minimum atomic E-state index is -3.92. The molecule has 0 aliphatic rings. The predicted molar refractivity (Wildman–Crippen MR) is 111 cm³/mol. The number of aliphatic hydroxyl groups excluding tert-OH is 1. The Labute approximate surface area is 162 Å². The predicted octanol–water partition coefficient (Wildman–Crippen LogP) is 6.28. The molecule has 26 heavy (non-hydrogen) atoms. The van der Waals surface area contributed by atoms with Crippen molar-refractivity contribution in [2.75, 3.05) is 0 Å². The van der Waals surface area contributed by atoms with E-state index in [1.54, 1.807) is 0 Å². The molecule has 0 aliphatic heterocycles. The first-order chi connectivity index (χ1) is 12.4. The Morgan fingerprint density at radius 3 is 1.50 bits per heavy atom. The molecule has 0 rings (SSSR count). The van der Waals surface area contributed by atoms with Crippen LogP contribution in [0.2, 0.25) is 0 Å². The summed E-state index contributed by atoms with van der Waals surface area (Å²) in [6, 6.07) is 0. The van der Waals surface area contributed by atoms with Crippen molar-refractivity contribution in [3.05, 3.63) is 0 Å². The highest BCUT2D eigenvalue weighted by Gasteiger charge is 2.21. The Hall–Kier alpha value is -0.130. The van der Waals surface area contributed by atoms with Crippen LogP contribution in [-0.4, -0.2) is 29.4 Å². The molecule has 5 heteroatoms. The standard InChI is InChI=1S/C21H44O4S/c1-3-5-7-8-9-10-11-13-16-20(22)17-14-12-15-19-21(18-6-4-2)26(23,24)25/h20-22H,3-19H2,1-2H3,(H,23,24,25). The maximum atomic E-state index is 11.4. The maximum absolute atomic E-state index is 11.4. The Balaban J connectivity index is 3.59. The summed E-state index contributed by atoms with van der Waals surface area (Å²) in [6.45, 7) is 4.26. The fourth-order valence-corrected chi connectivity index (χ4v) is 4.39. The summed E-state index contributed by atoms with van der Waals surface area (Å²) in [5.74, 6) is 0. The third kappa shape index (κ3) is 16.1. The fraction of sp³-hybridized carbons (Fsp3) is 1.00. The lowest BCUT2D eigenvalue weighted by Gasteiger charge is -2.14. The number of aliphatic hydroxyl groups is 1. The number of hydrogen-bond acceptors (Lipinski definition) is 3. The van der Waals surface area contributed by atoms with Crippen LogP contribution in [0.3, 0.4) is 0 Å². The molecule has 0 aromatic heterocycles. The van der Waals surface area contributed by atoms with Gasteiger partial charge in [-0.05, 0) is 25.7 Å². The summed E-state index contributed by atoms with van der Waals surface area (Å²) >= 11 is 0. The fourth-order valence-electron chi connectivity index (χ4n) is 3.46. The SMILES string of the molecule is CCCCCCCCCCC(O)CCCCCC(CCCC)S(=O)(=O)O. The number of rotatable bonds is 19. The van der Waals surface area contributed by atoms with Crippen molar-refractivity contribution in [1.82, 2.24) is 0 Å². The van der Waals surface area contributed by atoms with Crippen LogP contribution in [-0.2, 0) is 10.1 Å². The van der Waals surface area contributed by atoms with E-state index in [0.29, 0.717) is 12.8 Å². The first-order valence-corrected chi connectivity index (χ1v) is 12.6. The summed E-state index contributed by atoms with van der Waals surface area (Å²) in [5.41, 5.74) is 0. The van der Waals surface area contributed by atoms with Crippen LogP contribution in [0.5, 0.6) is 0 Å². The van der Waals surface area contributed by atoms with Crippen LogP contribution < -0.4 is 0 Å². The Morgan fingerprint density at radius 2 is 1.00 bits per heavy atom. The lowest BCUT2D eigenvalue weighted by molar-refractivity contribution is 0.147. The second-order valence-electron chi connectivity index (χ2n) is 7.83. The average Bonchev–Trinajstić information content (AvgIpc) is 2.58. The molecule has 2 N–H and O–H groups in total. The van der Waals surface area contributed by atoms with E-state index in [1.165, 1.54) is 44.9 Å². The van der Waals surface area contributed by atoms with Gasteiger partial charge in [-0.2, -0.15) is 8.42 Å². The zero-order valence-electron chi connectivity index (χ0n) is 17.3. The van der Waals surface area contributed by atoms with Gasteiger partial charge in [0.15, 0.2) is 0 Å². The van der Waals surface area contributed by atoms with Crippen molar-refractivity contribution in [3.63, 3.8) is 0 Å². The molecule has 4 nitrogen and oxygen atoms in total. The molecule has 0 amide bonds. The summed E-state index contributed by atoms with van der Waals surface area (Å²) in [5, 5.41) is 9.43. The highest BCUT2D eigenvalue weighted by molar-refractivity contribution is 7.86. The van der Waals surface area contributed by atoms with Gasteiger partial charge in [0.2, 0.25) is 0 Å². The Kier molecular flexibility index (Phi) is 16.9. The molecular weight excluding hydrogens is 348 g/mol. The van der Waals surface area contributed by atoms with E-state index in [0.717, 1.165) is 51.4 Å². The molecule has 0 aromatic rings. The second-order valence-corrected chi connectivity index (χ2v) is 9.53. The van der Waals surface area contributed by atoms with Gasteiger partial charge in [0.1, 0.15) is 0 Å². The maximum Gasteiger partial charge on any atom is 0.267 e. The lowest BCUT2D eigenvalue weighted by atomic mass is 10.0. The van der Waals surface area contributed by atoms with Crippen LogP contribution in [0.4, 0.5) is 0 Å². The molecular formula is C21H44O4S. The van der Waals surface area contributed by atoms with Gasteiger partial charge in [0.05, 0.1) is 11.4 Å². The molecule has 0 aliphatic carbocycles. The van der Waals surface area contributed by atoms with Crippen LogP contribution in [0, 0.1) is 0 Å². The van der Waals surface area contributed by atoms with Crippen LogP contribution in [0.25, 0.3) is 0 Å². The molecule has 158 valence electrons. The molecule has 0 radical (unpaired) electrons. The largest absolute Gasteiger partial charge is 0.393 e. The van der Waals surface area contributed by atoms with Gasteiger partial charge < -0.3 is 5.11 Å². The van der Waals surface area contributed by atoms with Gasteiger partial charge in [-0.25, -0.2) is 0 Å². The highest BCUT2D eigenvalue weighted by atomic mass is 32.2. The molecule has 0 spiro atoms. The Bertz CT molecular complexity index is 395. The smallest absolute Gasteiger partial charge is 0.267 e. The zero-order chi connectivity index (χ0) is 19.7. The minimum absolute atomic E-state index is 0.215. The van der Waals surface area contributed by atoms with E-state index < -0.39 is 15.4 Å².